The van der Waals surface area contributed by atoms with Crippen LogP contribution >= 0.6 is 11.3 Å². The van der Waals surface area contributed by atoms with Crippen molar-refractivity contribution in [1.82, 2.24) is 4.98 Å². The maximum absolute atomic E-state index is 4.54. The van der Waals surface area contributed by atoms with Crippen LogP contribution in [0.4, 0.5) is 0 Å². The Kier molecular flexibility index (Phi) is 2.38. The molecule has 2 heteroatoms. The fourth-order valence-electron chi connectivity index (χ4n) is 1.33. The number of fused-ring (bicyclic) bond motifs is 1. The van der Waals surface area contributed by atoms with E-state index in [-0.39, 0.29) is 0 Å². The van der Waals surface area contributed by atoms with E-state index in [1.807, 2.05) is 0 Å². The molecule has 0 amide bonds. The minimum Gasteiger partial charge on any atom is -0.236 e. The van der Waals surface area contributed by atoms with Crippen molar-refractivity contribution in [2.45, 2.75) is 20.3 Å². The van der Waals surface area contributed by atoms with E-state index in [0.29, 0.717) is 0 Å². The van der Waals surface area contributed by atoms with E-state index in [1.54, 1.807) is 11.3 Å². The SMILES string of the molecule is C=C(CC)c1nc2ccc(C)cc2s1. The summed E-state index contributed by atoms with van der Waals surface area (Å²) in [6.07, 6.45) is 0.971. The Morgan fingerprint density at radius 2 is 2.29 bits per heavy atom. The molecular formula is C12H13NS. The summed E-state index contributed by atoms with van der Waals surface area (Å²) in [6.45, 7) is 8.22. The largest absolute Gasteiger partial charge is 0.236 e. The summed E-state index contributed by atoms with van der Waals surface area (Å²) in [5.74, 6) is 0. The number of aryl methyl sites for hydroxylation is 1. The predicted molar refractivity (Wildman–Crippen MR) is 63.7 cm³/mol. The van der Waals surface area contributed by atoms with Crippen molar-refractivity contribution >= 4 is 27.1 Å². The van der Waals surface area contributed by atoms with Gasteiger partial charge in [0.2, 0.25) is 0 Å². The molecule has 0 radical (unpaired) electrons. The first-order chi connectivity index (χ1) is 6.70. The smallest absolute Gasteiger partial charge is 0.119 e. The van der Waals surface area contributed by atoms with Gasteiger partial charge in [0.15, 0.2) is 0 Å². The number of hydrogen-bond donors (Lipinski definition) is 0. The molecule has 1 heterocycles. The van der Waals surface area contributed by atoms with Gasteiger partial charge >= 0.3 is 0 Å². The van der Waals surface area contributed by atoms with Crippen molar-refractivity contribution in [1.29, 1.82) is 0 Å². The highest BCUT2D eigenvalue weighted by Crippen LogP contribution is 2.28. The van der Waals surface area contributed by atoms with Crippen molar-refractivity contribution < 1.29 is 0 Å². The topological polar surface area (TPSA) is 12.9 Å². The fourth-order valence-corrected chi connectivity index (χ4v) is 2.44. The summed E-state index contributed by atoms with van der Waals surface area (Å²) in [4.78, 5) is 4.54. The molecule has 1 nitrogen and oxygen atoms in total. The third kappa shape index (κ3) is 1.58. The highest BCUT2D eigenvalue weighted by Gasteiger charge is 2.05. The van der Waals surface area contributed by atoms with Gasteiger partial charge in [-0.3, -0.25) is 0 Å². The Labute approximate surface area is 88.1 Å². The van der Waals surface area contributed by atoms with E-state index < -0.39 is 0 Å². The van der Waals surface area contributed by atoms with Crippen LogP contribution in [0.2, 0.25) is 0 Å². The Balaban J connectivity index is 2.56. The van der Waals surface area contributed by atoms with Crippen LogP contribution < -0.4 is 0 Å². The number of nitrogens with zero attached hydrogens (tertiary/aromatic N) is 1. The van der Waals surface area contributed by atoms with Crippen molar-refractivity contribution in [2.24, 2.45) is 0 Å². The quantitative estimate of drug-likeness (QED) is 0.718. The molecule has 0 atom stereocenters. The zero-order valence-corrected chi connectivity index (χ0v) is 9.32. The molecule has 0 aliphatic carbocycles. The molecule has 2 aromatic rings. The normalized spacial score (nSPS) is 10.7. The summed E-state index contributed by atoms with van der Waals surface area (Å²) >= 11 is 1.73. The van der Waals surface area contributed by atoms with E-state index in [4.69, 9.17) is 0 Å². The maximum atomic E-state index is 4.54. The highest BCUT2D eigenvalue weighted by molar-refractivity contribution is 7.19. The standard InChI is InChI=1S/C12H13NS/c1-4-9(3)12-13-10-6-5-8(2)7-11(10)14-12/h5-7H,3-4H2,1-2H3. The van der Waals surface area contributed by atoms with Crippen LogP contribution in [0.25, 0.3) is 15.8 Å². The van der Waals surface area contributed by atoms with Gasteiger partial charge in [0.1, 0.15) is 5.01 Å². The lowest BCUT2D eigenvalue weighted by Gasteiger charge is -1.92. The molecule has 0 saturated carbocycles. The number of benzene rings is 1. The van der Waals surface area contributed by atoms with E-state index in [1.165, 1.54) is 10.3 Å². The Bertz CT molecular complexity index is 482. The second-order valence-corrected chi connectivity index (χ2v) is 4.48. The van der Waals surface area contributed by atoms with Crippen LogP contribution in [-0.4, -0.2) is 4.98 Å². The maximum Gasteiger partial charge on any atom is 0.119 e. The molecule has 0 bridgehead atoms. The molecule has 2 rings (SSSR count). The third-order valence-corrected chi connectivity index (χ3v) is 3.39. The summed E-state index contributed by atoms with van der Waals surface area (Å²) < 4.78 is 1.26. The Morgan fingerprint density at radius 3 is 3.00 bits per heavy atom. The van der Waals surface area contributed by atoms with E-state index >= 15 is 0 Å². The summed E-state index contributed by atoms with van der Waals surface area (Å²) in [6, 6.07) is 6.35. The molecule has 0 N–H and O–H groups in total. The highest BCUT2D eigenvalue weighted by atomic mass is 32.1. The minimum absolute atomic E-state index is 0.971. The third-order valence-electron chi connectivity index (χ3n) is 2.27. The van der Waals surface area contributed by atoms with Crippen molar-refractivity contribution in [3.8, 4) is 0 Å². The lowest BCUT2D eigenvalue weighted by Crippen LogP contribution is -1.77. The average molecular weight is 203 g/mol. The van der Waals surface area contributed by atoms with E-state index in [2.05, 4.69) is 43.6 Å². The fraction of sp³-hybridized carbons (Fsp3) is 0.250. The number of allylic oxidation sites excluding steroid dienone is 1. The Morgan fingerprint density at radius 1 is 1.50 bits per heavy atom. The molecular weight excluding hydrogens is 190 g/mol. The monoisotopic (exact) mass is 203 g/mol. The zero-order valence-electron chi connectivity index (χ0n) is 8.50. The summed E-state index contributed by atoms with van der Waals surface area (Å²) in [5.41, 5.74) is 3.50. The van der Waals surface area contributed by atoms with E-state index in [9.17, 15) is 0 Å². The molecule has 0 aliphatic rings. The second-order valence-electron chi connectivity index (χ2n) is 3.45. The van der Waals surface area contributed by atoms with Gasteiger partial charge in [-0.2, -0.15) is 0 Å². The van der Waals surface area contributed by atoms with Gasteiger partial charge in [0.05, 0.1) is 10.2 Å². The van der Waals surface area contributed by atoms with Gasteiger partial charge in [-0.15, -0.1) is 11.3 Å². The number of thiazole rings is 1. The molecule has 14 heavy (non-hydrogen) atoms. The number of hydrogen-bond acceptors (Lipinski definition) is 2. The van der Waals surface area contributed by atoms with Crippen LogP contribution in [-0.2, 0) is 0 Å². The van der Waals surface area contributed by atoms with Gasteiger partial charge in [-0.05, 0) is 36.6 Å². The molecule has 1 aromatic carbocycles. The average Bonchev–Trinajstić information content (AvgIpc) is 2.59. The van der Waals surface area contributed by atoms with Crippen LogP contribution in [0.5, 0.6) is 0 Å². The zero-order chi connectivity index (χ0) is 10.1. The first-order valence-corrected chi connectivity index (χ1v) is 5.57. The van der Waals surface area contributed by atoms with Gasteiger partial charge < -0.3 is 0 Å². The number of aromatic nitrogens is 1. The molecule has 1 aromatic heterocycles. The van der Waals surface area contributed by atoms with E-state index in [0.717, 1.165) is 22.5 Å². The number of rotatable bonds is 2. The van der Waals surface area contributed by atoms with Gasteiger partial charge in [-0.25, -0.2) is 4.98 Å². The van der Waals surface area contributed by atoms with Gasteiger partial charge in [0, 0.05) is 0 Å². The van der Waals surface area contributed by atoms with Gasteiger partial charge in [-0.1, -0.05) is 19.6 Å². The second kappa shape index (κ2) is 3.54. The molecule has 0 aliphatic heterocycles. The van der Waals surface area contributed by atoms with Crippen LogP contribution in [0, 0.1) is 6.92 Å². The van der Waals surface area contributed by atoms with Crippen molar-refractivity contribution in [2.75, 3.05) is 0 Å². The summed E-state index contributed by atoms with van der Waals surface area (Å²) in [7, 11) is 0. The summed E-state index contributed by atoms with van der Waals surface area (Å²) in [5, 5.41) is 1.08. The molecule has 72 valence electrons. The van der Waals surface area contributed by atoms with Crippen LogP contribution in [0.1, 0.15) is 23.9 Å². The molecule has 0 unspecified atom stereocenters. The molecule has 0 spiro atoms. The Hall–Kier alpha value is -1.15. The minimum atomic E-state index is 0.971. The van der Waals surface area contributed by atoms with Gasteiger partial charge in [0.25, 0.3) is 0 Å². The first kappa shape index (κ1) is 9.41. The molecule has 0 fully saturated rings. The molecule has 0 saturated heterocycles. The van der Waals surface area contributed by atoms with Crippen LogP contribution in [0.3, 0.4) is 0 Å². The van der Waals surface area contributed by atoms with Crippen molar-refractivity contribution in [3.05, 3.63) is 35.3 Å². The van der Waals surface area contributed by atoms with Crippen molar-refractivity contribution in [3.63, 3.8) is 0 Å². The lowest BCUT2D eigenvalue weighted by molar-refractivity contribution is 1.23. The lowest BCUT2D eigenvalue weighted by atomic mass is 10.2. The first-order valence-electron chi connectivity index (χ1n) is 4.76. The van der Waals surface area contributed by atoms with Crippen LogP contribution in [0.15, 0.2) is 24.8 Å². The predicted octanol–water partition coefficient (Wildman–Crippen LogP) is 4.03.